The summed E-state index contributed by atoms with van der Waals surface area (Å²) in [6.07, 6.45) is 3.88. The van der Waals surface area contributed by atoms with Gasteiger partial charge in [0, 0.05) is 41.3 Å². The fourth-order valence-electron chi connectivity index (χ4n) is 3.03. The summed E-state index contributed by atoms with van der Waals surface area (Å²) in [5.74, 6) is 3.54. The maximum atomic E-state index is 5.48. The molecule has 0 aromatic heterocycles. The molecule has 4 heteroatoms. The number of ether oxygens (including phenoxy) is 1. The van der Waals surface area contributed by atoms with Gasteiger partial charge in [0.2, 0.25) is 0 Å². The fourth-order valence-corrected chi connectivity index (χ4v) is 6.00. The maximum Gasteiger partial charge on any atom is 0.0468 e. The van der Waals surface area contributed by atoms with Crippen LogP contribution in [0.25, 0.3) is 0 Å². The van der Waals surface area contributed by atoms with E-state index in [1.165, 1.54) is 30.8 Å². The molecule has 2 saturated heterocycles. The van der Waals surface area contributed by atoms with Gasteiger partial charge in [-0.2, -0.15) is 23.5 Å². The van der Waals surface area contributed by atoms with Gasteiger partial charge in [-0.1, -0.05) is 13.8 Å². The number of nitrogens with one attached hydrogen (secondary N) is 1. The molecule has 0 aliphatic carbocycles. The van der Waals surface area contributed by atoms with Gasteiger partial charge in [-0.3, -0.25) is 0 Å². The van der Waals surface area contributed by atoms with E-state index in [0.29, 0.717) is 6.04 Å². The number of rotatable bonds is 5. The lowest BCUT2D eigenvalue weighted by molar-refractivity contribution is 0.0605. The van der Waals surface area contributed by atoms with E-state index < -0.39 is 0 Å². The number of thioether (sulfide) groups is 2. The Morgan fingerprint density at radius 3 is 2.61 bits per heavy atom. The highest BCUT2D eigenvalue weighted by Gasteiger charge is 2.31. The normalized spacial score (nSPS) is 32.3. The lowest BCUT2D eigenvalue weighted by atomic mass is 9.90. The van der Waals surface area contributed by atoms with Gasteiger partial charge in [0.15, 0.2) is 0 Å². The van der Waals surface area contributed by atoms with Crippen LogP contribution in [-0.4, -0.2) is 47.8 Å². The van der Waals surface area contributed by atoms with Crippen molar-refractivity contribution in [1.29, 1.82) is 0 Å². The molecule has 2 aliphatic heterocycles. The molecule has 18 heavy (non-hydrogen) atoms. The van der Waals surface area contributed by atoms with Crippen molar-refractivity contribution in [3.8, 4) is 0 Å². The molecule has 0 spiro atoms. The molecule has 3 atom stereocenters. The van der Waals surface area contributed by atoms with Crippen LogP contribution in [0.4, 0.5) is 0 Å². The Morgan fingerprint density at radius 1 is 1.22 bits per heavy atom. The average molecular weight is 290 g/mol. The van der Waals surface area contributed by atoms with Crippen LogP contribution in [0, 0.1) is 5.92 Å². The Kier molecular flexibility index (Phi) is 6.70. The first-order chi connectivity index (χ1) is 8.81. The molecule has 0 radical (unpaired) electrons. The summed E-state index contributed by atoms with van der Waals surface area (Å²) < 4.78 is 5.48. The smallest absolute Gasteiger partial charge is 0.0468 e. The van der Waals surface area contributed by atoms with Crippen LogP contribution in [0.1, 0.15) is 33.1 Å². The van der Waals surface area contributed by atoms with Gasteiger partial charge in [0.25, 0.3) is 0 Å². The third kappa shape index (κ3) is 4.32. The third-order valence-electron chi connectivity index (χ3n) is 4.03. The fraction of sp³-hybridized carbons (Fsp3) is 1.00. The van der Waals surface area contributed by atoms with Crippen LogP contribution in [-0.2, 0) is 4.74 Å². The van der Waals surface area contributed by atoms with E-state index >= 15 is 0 Å². The van der Waals surface area contributed by atoms with Crippen LogP contribution in [0.5, 0.6) is 0 Å². The van der Waals surface area contributed by atoms with E-state index in [-0.39, 0.29) is 0 Å². The van der Waals surface area contributed by atoms with Gasteiger partial charge >= 0.3 is 0 Å². The Balaban J connectivity index is 1.88. The SMILES string of the molecule is CCNC(CC1CCOCC1)C1SCCSC1C. The second-order valence-electron chi connectivity index (χ2n) is 5.37. The molecule has 2 nitrogen and oxygen atoms in total. The molecule has 2 fully saturated rings. The second kappa shape index (κ2) is 8.03. The average Bonchev–Trinajstić information content (AvgIpc) is 2.40. The first-order valence-corrected chi connectivity index (χ1v) is 9.45. The second-order valence-corrected chi connectivity index (χ2v) is 8.14. The Morgan fingerprint density at radius 2 is 1.94 bits per heavy atom. The van der Waals surface area contributed by atoms with Gasteiger partial charge in [-0.25, -0.2) is 0 Å². The Labute approximate surface area is 120 Å². The molecule has 1 N–H and O–H groups in total. The van der Waals surface area contributed by atoms with Crippen molar-refractivity contribution < 1.29 is 4.74 Å². The van der Waals surface area contributed by atoms with Crippen molar-refractivity contribution in [3.63, 3.8) is 0 Å². The molecule has 2 heterocycles. The molecule has 0 aromatic carbocycles. The first kappa shape index (κ1) is 15.0. The third-order valence-corrected chi connectivity index (χ3v) is 7.28. The molecular formula is C14H27NOS2. The quantitative estimate of drug-likeness (QED) is 0.839. The van der Waals surface area contributed by atoms with Crippen LogP contribution >= 0.6 is 23.5 Å². The van der Waals surface area contributed by atoms with E-state index in [2.05, 4.69) is 42.7 Å². The summed E-state index contributed by atoms with van der Waals surface area (Å²) in [6, 6.07) is 0.700. The molecule has 0 aromatic rings. The largest absolute Gasteiger partial charge is 0.381 e. The Bertz CT molecular complexity index is 234. The summed E-state index contributed by atoms with van der Waals surface area (Å²) in [6.45, 7) is 7.71. The van der Waals surface area contributed by atoms with Gasteiger partial charge in [-0.05, 0) is 31.7 Å². The minimum atomic E-state index is 0.700. The standard InChI is InChI=1S/C14H27NOS2/c1-3-15-13(10-12-4-6-16-7-5-12)14-11(2)17-8-9-18-14/h11-15H,3-10H2,1-2H3. The van der Waals surface area contributed by atoms with Crippen LogP contribution in [0.3, 0.4) is 0 Å². The topological polar surface area (TPSA) is 21.3 Å². The molecule has 3 unspecified atom stereocenters. The molecule has 0 amide bonds. The molecule has 0 bridgehead atoms. The van der Waals surface area contributed by atoms with Crippen molar-refractivity contribution in [2.75, 3.05) is 31.3 Å². The van der Waals surface area contributed by atoms with Crippen molar-refractivity contribution in [3.05, 3.63) is 0 Å². The number of hydrogen-bond donors (Lipinski definition) is 1. The zero-order valence-electron chi connectivity index (χ0n) is 11.7. The van der Waals surface area contributed by atoms with Gasteiger partial charge < -0.3 is 10.1 Å². The van der Waals surface area contributed by atoms with E-state index in [1.807, 2.05) is 0 Å². The van der Waals surface area contributed by atoms with Crippen LogP contribution in [0.15, 0.2) is 0 Å². The van der Waals surface area contributed by atoms with E-state index in [0.717, 1.165) is 36.2 Å². The Hall–Kier alpha value is 0.620. The summed E-state index contributed by atoms with van der Waals surface area (Å²) >= 11 is 4.35. The van der Waals surface area contributed by atoms with E-state index in [1.54, 1.807) is 0 Å². The van der Waals surface area contributed by atoms with Gasteiger partial charge in [0.1, 0.15) is 0 Å². The van der Waals surface area contributed by atoms with Crippen molar-refractivity contribution in [2.45, 2.75) is 49.7 Å². The van der Waals surface area contributed by atoms with Crippen LogP contribution < -0.4 is 5.32 Å². The zero-order chi connectivity index (χ0) is 12.8. The molecule has 2 aliphatic rings. The molecule has 2 rings (SSSR count). The highest BCUT2D eigenvalue weighted by Crippen LogP contribution is 2.35. The van der Waals surface area contributed by atoms with Crippen LogP contribution in [0.2, 0.25) is 0 Å². The highest BCUT2D eigenvalue weighted by molar-refractivity contribution is 8.07. The van der Waals surface area contributed by atoms with E-state index in [4.69, 9.17) is 4.74 Å². The number of hydrogen-bond acceptors (Lipinski definition) is 4. The predicted molar refractivity (Wildman–Crippen MR) is 83.8 cm³/mol. The maximum absolute atomic E-state index is 5.48. The summed E-state index contributed by atoms with van der Waals surface area (Å²) in [7, 11) is 0. The minimum absolute atomic E-state index is 0.700. The van der Waals surface area contributed by atoms with E-state index in [9.17, 15) is 0 Å². The predicted octanol–water partition coefficient (Wildman–Crippen LogP) is 3.02. The molecule has 106 valence electrons. The lowest BCUT2D eigenvalue weighted by Crippen LogP contribution is -2.45. The monoisotopic (exact) mass is 289 g/mol. The van der Waals surface area contributed by atoms with Crippen molar-refractivity contribution in [2.24, 2.45) is 5.92 Å². The van der Waals surface area contributed by atoms with Crippen molar-refractivity contribution >= 4 is 23.5 Å². The summed E-state index contributed by atoms with van der Waals surface area (Å²) in [5.41, 5.74) is 0. The van der Waals surface area contributed by atoms with Crippen molar-refractivity contribution in [1.82, 2.24) is 5.32 Å². The zero-order valence-corrected chi connectivity index (χ0v) is 13.3. The van der Waals surface area contributed by atoms with Gasteiger partial charge in [0.05, 0.1) is 0 Å². The summed E-state index contributed by atoms with van der Waals surface area (Å²) in [4.78, 5) is 0. The van der Waals surface area contributed by atoms with Gasteiger partial charge in [-0.15, -0.1) is 0 Å². The molecule has 0 saturated carbocycles. The minimum Gasteiger partial charge on any atom is -0.381 e. The highest BCUT2D eigenvalue weighted by atomic mass is 32.2. The lowest BCUT2D eigenvalue weighted by Gasteiger charge is -2.37. The summed E-state index contributed by atoms with van der Waals surface area (Å²) in [5, 5.41) is 5.35. The first-order valence-electron chi connectivity index (χ1n) is 7.35. The molecular weight excluding hydrogens is 262 g/mol.